The van der Waals surface area contributed by atoms with Gasteiger partial charge in [0, 0.05) is 109 Å². The highest BCUT2D eigenvalue weighted by Crippen LogP contribution is 2.23. The quantitative estimate of drug-likeness (QED) is 0.0192. The molecule has 20 heteroatoms. The van der Waals surface area contributed by atoms with Gasteiger partial charge in [-0.15, -0.1) is 0 Å². The van der Waals surface area contributed by atoms with Crippen LogP contribution in [0.1, 0.15) is 209 Å². The minimum absolute atomic E-state index is 0.181. The van der Waals surface area contributed by atoms with E-state index in [1.807, 2.05) is 26.5 Å². The zero-order valence-electron chi connectivity index (χ0n) is 54.0. The van der Waals surface area contributed by atoms with E-state index in [0.717, 1.165) is 102 Å². The lowest BCUT2D eigenvalue weighted by Gasteiger charge is -2.34. The third-order valence-corrected chi connectivity index (χ3v) is 17.4. The highest BCUT2D eigenvalue weighted by Gasteiger charge is 2.21. The Morgan fingerprint density at radius 1 is 0.357 bits per heavy atom. The summed E-state index contributed by atoms with van der Waals surface area (Å²) in [7, 11) is 3.79. The molecule has 1 aliphatic heterocycles. The molecular formula is C64H122N4O14S2. The van der Waals surface area contributed by atoms with Crippen molar-refractivity contribution < 1.29 is 68.1 Å². The average Bonchev–Trinajstić information content (AvgIpc) is 3.50. The van der Waals surface area contributed by atoms with Crippen molar-refractivity contribution in [1.82, 2.24) is 19.6 Å². The molecule has 1 saturated heterocycles. The summed E-state index contributed by atoms with van der Waals surface area (Å²) in [4.78, 5) is 70.3. The van der Waals surface area contributed by atoms with Gasteiger partial charge in [0.05, 0.1) is 50.8 Å². The van der Waals surface area contributed by atoms with Crippen LogP contribution in [0.25, 0.3) is 0 Å². The molecule has 0 aliphatic carbocycles. The molecule has 494 valence electrons. The molecule has 4 N–H and O–H groups in total. The second-order valence-electron chi connectivity index (χ2n) is 25.1. The van der Waals surface area contributed by atoms with Gasteiger partial charge in [0.2, 0.25) is 0 Å². The number of unbranched alkanes of at least 4 members (excludes halogenated alkanes) is 5. The Morgan fingerprint density at radius 2 is 0.643 bits per heavy atom. The van der Waals surface area contributed by atoms with Crippen LogP contribution in [0.5, 0.6) is 0 Å². The molecule has 0 saturated carbocycles. The van der Waals surface area contributed by atoms with Crippen LogP contribution in [-0.2, 0) is 47.7 Å². The molecule has 0 aromatic carbocycles. The fraction of sp³-hybridized carbons (Fsp3) is 0.922. The fourth-order valence-electron chi connectivity index (χ4n) is 9.42. The maximum atomic E-state index is 12.8. The highest BCUT2D eigenvalue weighted by molar-refractivity contribution is 8.76. The lowest BCUT2D eigenvalue weighted by atomic mass is 10.1. The number of rotatable bonds is 56. The molecule has 1 aliphatic rings. The van der Waals surface area contributed by atoms with Gasteiger partial charge in [-0.25, -0.2) is 0 Å². The first-order valence-electron chi connectivity index (χ1n) is 32.8. The predicted molar refractivity (Wildman–Crippen MR) is 340 cm³/mol. The minimum atomic E-state index is -0.651. The van der Waals surface area contributed by atoms with Crippen LogP contribution in [0.4, 0.5) is 0 Å². The zero-order valence-corrected chi connectivity index (χ0v) is 55.6. The van der Waals surface area contributed by atoms with E-state index in [9.17, 15) is 44.4 Å². The van der Waals surface area contributed by atoms with Crippen LogP contribution in [0, 0.1) is 23.7 Å². The number of hydrogen-bond donors (Lipinski definition) is 4. The van der Waals surface area contributed by atoms with E-state index in [4.69, 9.17) is 23.7 Å². The van der Waals surface area contributed by atoms with Crippen LogP contribution < -0.4 is 0 Å². The van der Waals surface area contributed by atoms with Gasteiger partial charge in [-0.05, 0) is 133 Å². The van der Waals surface area contributed by atoms with E-state index >= 15 is 0 Å². The van der Waals surface area contributed by atoms with Crippen molar-refractivity contribution in [2.75, 3.05) is 123 Å². The topological polar surface area (TPSA) is 225 Å². The van der Waals surface area contributed by atoms with Gasteiger partial charge in [0.15, 0.2) is 0 Å². The Hall–Kier alpha value is -2.27. The standard InChI is InChI=1S/C64H122N4O14S2/c1-52(2)29-41-78-60(73)24-13-9-20-56(69)48-67(49-57(70)21-10-14-25-61(74)79-42-30-53(3)4)33-17-18-46-83-84-47-40-66-37-35-65(36-38-66)39-45-82-64(77)28-19-34-68(50-58(71)22-11-15-26-62(75)80-43-31-54(5)6)51-59(72)23-12-16-27-63(76)81-44-32-55(7)8/h52-59,69-72H,9-51H2,1-8H3. The molecule has 0 aromatic heterocycles. The SMILES string of the molecule is CC(C)CCOC(=O)CCCCC(O)CN(CCCCSSCCN1CCN(CCOC(=O)CCCN(CC(O)CCCCC(=O)OCCC(C)C)CC(O)CCCCC(=O)OCCC(C)C)CC1)CC(O)CCCCC(=O)OCCC(C)C. The van der Waals surface area contributed by atoms with Gasteiger partial charge >= 0.3 is 29.8 Å². The van der Waals surface area contributed by atoms with Crippen LogP contribution >= 0.6 is 21.6 Å². The van der Waals surface area contributed by atoms with Gasteiger partial charge in [-0.1, -0.05) is 103 Å². The first kappa shape index (κ1) is 79.7. The molecule has 0 amide bonds. The summed E-state index contributed by atoms with van der Waals surface area (Å²) >= 11 is 0. The van der Waals surface area contributed by atoms with Crippen molar-refractivity contribution in [3.8, 4) is 0 Å². The lowest BCUT2D eigenvalue weighted by Crippen LogP contribution is -2.47. The molecule has 0 aromatic rings. The molecule has 1 rings (SSSR count). The van der Waals surface area contributed by atoms with Gasteiger partial charge in [0.1, 0.15) is 6.61 Å². The van der Waals surface area contributed by atoms with Crippen LogP contribution in [0.2, 0.25) is 0 Å². The van der Waals surface area contributed by atoms with Crippen LogP contribution in [0.15, 0.2) is 0 Å². The smallest absolute Gasteiger partial charge is 0.305 e. The van der Waals surface area contributed by atoms with Crippen molar-refractivity contribution in [2.24, 2.45) is 23.7 Å². The Morgan fingerprint density at radius 3 is 0.976 bits per heavy atom. The van der Waals surface area contributed by atoms with Gasteiger partial charge in [-0.2, -0.15) is 0 Å². The fourth-order valence-corrected chi connectivity index (χ4v) is 11.6. The normalized spacial score (nSPS) is 14.9. The number of piperazine rings is 1. The van der Waals surface area contributed by atoms with Gasteiger partial charge < -0.3 is 44.1 Å². The Balaban J connectivity index is 2.45. The molecule has 0 radical (unpaired) electrons. The molecule has 4 unspecified atom stereocenters. The van der Waals surface area contributed by atoms with Gasteiger partial charge in [-0.3, -0.25) is 43.6 Å². The van der Waals surface area contributed by atoms with E-state index in [1.54, 1.807) is 0 Å². The van der Waals surface area contributed by atoms with Gasteiger partial charge in [0.25, 0.3) is 0 Å². The molecule has 0 bridgehead atoms. The van der Waals surface area contributed by atoms with Crippen LogP contribution in [0.3, 0.4) is 0 Å². The molecule has 1 heterocycles. The number of hydrogen-bond acceptors (Lipinski definition) is 20. The second-order valence-corrected chi connectivity index (χ2v) is 27.8. The van der Waals surface area contributed by atoms with E-state index < -0.39 is 24.4 Å². The van der Waals surface area contributed by atoms with E-state index in [2.05, 4.69) is 70.1 Å². The maximum absolute atomic E-state index is 12.8. The number of ether oxygens (including phenoxy) is 5. The monoisotopic (exact) mass is 1230 g/mol. The van der Waals surface area contributed by atoms with E-state index in [0.29, 0.717) is 192 Å². The first-order valence-corrected chi connectivity index (χ1v) is 35.3. The molecule has 0 spiro atoms. The van der Waals surface area contributed by atoms with Crippen molar-refractivity contribution in [3.05, 3.63) is 0 Å². The number of aliphatic hydroxyl groups is 4. The van der Waals surface area contributed by atoms with E-state index in [-0.39, 0.29) is 36.3 Å². The predicted octanol–water partition coefficient (Wildman–Crippen LogP) is 9.74. The summed E-state index contributed by atoms with van der Waals surface area (Å²) in [5.74, 6) is 2.91. The van der Waals surface area contributed by atoms with Crippen molar-refractivity contribution in [2.45, 2.75) is 234 Å². The minimum Gasteiger partial charge on any atom is -0.466 e. The summed E-state index contributed by atoms with van der Waals surface area (Å²) in [6.45, 7) is 27.2. The van der Waals surface area contributed by atoms with Crippen molar-refractivity contribution >= 4 is 51.4 Å². The number of esters is 5. The zero-order chi connectivity index (χ0) is 62.2. The third-order valence-electron chi connectivity index (χ3n) is 14.9. The summed E-state index contributed by atoms with van der Waals surface area (Å²) in [5.41, 5.74) is 0. The summed E-state index contributed by atoms with van der Waals surface area (Å²) < 4.78 is 27.0. The molecule has 18 nitrogen and oxygen atoms in total. The third kappa shape index (κ3) is 50.7. The van der Waals surface area contributed by atoms with Crippen molar-refractivity contribution in [1.29, 1.82) is 0 Å². The molecule has 4 atom stereocenters. The number of aliphatic hydroxyl groups excluding tert-OH is 4. The Kier molecular flexibility index (Phi) is 50.0. The lowest BCUT2D eigenvalue weighted by molar-refractivity contribution is -0.145. The Bertz CT molecular complexity index is 1560. The highest BCUT2D eigenvalue weighted by atomic mass is 33.1. The maximum Gasteiger partial charge on any atom is 0.305 e. The summed E-state index contributed by atoms with van der Waals surface area (Å²) in [6.07, 6.45) is 12.6. The average molecular weight is 1240 g/mol. The van der Waals surface area contributed by atoms with Crippen molar-refractivity contribution in [3.63, 3.8) is 0 Å². The number of carbonyl (C=O) groups excluding carboxylic acids is 5. The van der Waals surface area contributed by atoms with Crippen LogP contribution in [-0.4, -0.2) is 217 Å². The second kappa shape index (κ2) is 52.6. The number of nitrogens with zero attached hydrogens (tertiary/aromatic N) is 4. The summed E-state index contributed by atoms with van der Waals surface area (Å²) in [5, 5.41) is 43.9. The number of carbonyl (C=O) groups is 5. The molecular weight excluding hydrogens is 1110 g/mol. The summed E-state index contributed by atoms with van der Waals surface area (Å²) in [6, 6.07) is 0. The first-order chi connectivity index (χ1) is 40.2. The largest absolute Gasteiger partial charge is 0.466 e. The molecule has 84 heavy (non-hydrogen) atoms. The Labute approximate surface area is 517 Å². The van der Waals surface area contributed by atoms with E-state index in [1.165, 1.54) is 0 Å². The molecule has 1 fully saturated rings.